The Kier molecular flexibility index (Phi) is 5.03. The standard InChI is InChI=1S/C9H13NO3S/c11-5-2-4-10-9(12)13-7-8-3-1-6-14-8/h1,3,6,11H,2,4-5,7H2,(H,10,12). The fourth-order valence-electron chi connectivity index (χ4n) is 0.852. The number of alkyl carbamates (subject to hydrolysis) is 1. The molecule has 78 valence electrons. The monoisotopic (exact) mass is 215 g/mol. The highest BCUT2D eigenvalue weighted by atomic mass is 32.1. The quantitative estimate of drug-likeness (QED) is 0.729. The second-order valence-electron chi connectivity index (χ2n) is 2.66. The zero-order valence-corrected chi connectivity index (χ0v) is 8.55. The molecule has 0 fully saturated rings. The first-order chi connectivity index (χ1) is 6.83. The van der Waals surface area contributed by atoms with Crippen molar-refractivity contribution in [1.82, 2.24) is 5.32 Å². The maximum Gasteiger partial charge on any atom is 0.407 e. The molecule has 0 saturated heterocycles. The Hall–Kier alpha value is -1.07. The van der Waals surface area contributed by atoms with Crippen LogP contribution < -0.4 is 5.32 Å². The lowest BCUT2D eigenvalue weighted by molar-refractivity contribution is 0.140. The van der Waals surface area contributed by atoms with Gasteiger partial charge in [-0.15, -0.1) is 11.3 Å². The van der Waals surface area contributed by atoms with Crippen LogP contribution in [0.15, 0.2) is 17.5 Å². The average Bonchev–Trinajstić information content (AvgIpc) is 2.68. The minimum Gasteiger partial charge on any atom is -0.444 e. The number of carbonyl (C=O) groups excluding carboxylic acids is 1. The first-order valence-electron chi connectivity index (χ1n) is 4.37. The van der Waals surface area contributed by atoms with Gasteiger partial charge in [0.2, 0.25) is 0 Å². The number of thiophene rings is 1. The van der Waals surface area contributed by atoms with Crippen LogP contribution in [-0.2, 0) is 11.3 Å². The molecule has 1 aromatic rings. The van der Waals surface area contributed by atoms with Gasteiger partial charge in [0.1, 0.15) is 6.61 Å². The maximum atomic E-state index is 11.0. The third-order valence-corrected chi connectivity index (χ3v) is 2.38. The number of aliphatic hydroxyl groups is 1. The number of aliphatic hydroxyl groups excluding tert-OH is 1. The van der Waals surface area contributed by atoms with Crippen molar-refractivity contribution < 1.29 is 14.6 Å². The number of ether oxygens (including phenoxy) is 1. The van der Waals surface area contributed by atoms with E-state index < -0.39 is 6.09 Å². The molecule has 0 radical (unpaired) electrons. The van der Waals surface area contributed by atoms with Crippen molar-refractivity contribution in [3.63, 3.8) is 0 Å². The fraction of sp³-hybridized carbons (Fsp3) is 0.444. The maximum absolute atomic E-state index is 11.0. The number of hydrogen-bond donors (Lipinski definition) is 2. The van der Waals surface area contributed by atoms with Crippen LogP contribution in [0.5, 0.6) is 0 Å². The second kappa shape index (κ2) is 6.39. The van der Waals surface area contributed by atoms with Crippen molar-refractivity contribution in [3.05, 3.63) is 22.4 Å². The van der Waals surface area contributed by atoms with E-state index in [0.717, 1.165) is 4.88 Å². The van der Waals surface area contributed by atoms with Gasteiger partial charge >= 0.3 is 6.09 Å². The van der Waals surface area contributed by atoms with E-state index in [1.54, 1.807) is 11.3 Å². The van der Waals surface area contributed by atoms with Crippen LogP contribution in [0.2, 0.25) is 0 Å². The molecule has 0 bridgehead atoms. The number of rotatable bonds is 5. The zero-order valence-electron chi connectivity index (χ0n) is 7.73. The Morgan fingerprint density at radius 1 is 1.64 bits per heavy atom. The van der Waals surface area contributed by atoms with Crippen LogP contribution >= 0.6 is 11.3 Å². The van der Waals surface area contributed by atoms with Crippen molar-refractivity contribution in [2.75, 3.05) is 13.2 Å². The molecular formula is C9H13NO3S. The molecule has 1 aromatic heterocycles. The molecule has 1 amide bonds. The second-order valence-corrected chi connectivity index (χ2v) is 3.69. The summed E-state index contributed by atoms with van der Waals surface area (Å²) in [6.07, 6.45) is 0.112. The molecule has 0 aliphatic rings. The first kappa shape index (κ1) is 11.0. The Balaban J connectivity index is 2.09. The van der Waals surface area contributed by atoms with Crippen molar-refractivity contribution in [1.29, 1.82) is 0 Å². The number of carbonyl (C=O) groups is 1. The van der Waals surface area contributed by atoms with Crippen LogP contribution in [0, 0.1) is 0 Å². The Morgan fingerprint density at radius 2 is 2.50 bits per heavy atom. The molecule has 0 aliphatic heterocycles. The number of hydrogen-bond acceptors (Lipinski definition) is 4. The minimum atomic E-state index is -0.438. The lowest BCUT2D eigenvalue weighted by atomic mass is 10.4. The molecule has 0 saturated carbocycles. The number of nitrogens with one attached hydrogen (secondary N) is 1. The molecule has 1 heterocycles. The van der Waals surface area contributed by atoms with Gasteiger partial charge in [0, 0.05) is 18.0 Å². The van der Waals surface area contributed by atoms with Gasteiger partial charge in [-0.05, 0) is 17.9 Å². The zero-order chi connectivity index (χ0) is 10.2. The van der Waals surface area contributed by atoms with E-state index in [1.807, 2.05) is 17.5 Å². The van der Waals surface area contributed by atoms with E-state index in [1.165, 1.54) is 0 Å². The highest BCUT2D eigenvalue weighted by Gasteiger charge is 2.01. The van der Waals surface area contributed by atoms with Crippen LogP contribution in [0.4, 0.5) is 4.79 Å². The highest BCUT2D eigenvalue weighted by Crippen LogP contribution is 2.09. The smallest absolute Gasteiger partial charge is 0.407 e. The van der Waals surface area contributed by atoms with Gasteiger partial charge in [-0.25, -0.2) is 4.79 Å². The summed E-state index contributed by atoms with van der Waals surface area (Å²) in [6.45, 7) is 0.827. The van der Waals surface area contributed by atoms with Gasteiger partial charge in [0.25, 0.3) is 0 Å². The summed E-state index contributed by atoms with van der Waals surface area (Å²) in [4.78, 5) is 12.0. The molecule has 0 aliphatic carbocycles. The highest BCUT2D eigenvalue weighted by molar-refractivity contribution is 7.09. The lowest BCUT2D eigenvalue weighted by Gasteiger charge is -2.04. The van der Waals surface area contributed by atoms with Crippen LogP contribution in [-0.4, -0.2) is 24.4 Å². The van der Waals surface area contributed by atoms with E-state index in [-0.39, 0.29) is 6.61 Å². The summed E-state index contributed by atoms with van der Waals surface area (Å²) in [5.41, 5.74) is 0. The fourth-order valence-corrected chi connectivity index (χ4v) is 1.47. The predicted octanol–water partition coefficient (Wildman–Crippen LogP) is 1.36. The summed E-state index contributed by atoms with van der Waals surface area (Å²) in [6, 6.07) is 3.82. The van der Waals surface area contributed by atoms with Gasteiger partial charge in [0.05, 0.1) is 0 Å². The van der Waals surface area contributed by atoms with E-state index >= 15 is 0 Å². The molecule has 1 rings (SSSR count). The molecule has 0 spiro atoms. The third-order valence-electron chi connectivity index (χ3n) is 1.53. The molecule has 0 aromatic carbocycles. The van der Waals surface area contributed by atoms with Gasteiger partial charge in [-0.1, -0.05) is 6.07 Å². The molecule has 14 heavy (non-hydrogen) atoms. The van der Waals surface area contributed by atoms with E-state index in [2.05, 4.69) is 5.32 Å². The SMILES string of the molecule is O=C(NCCCO)OCc1cccs1. The summed E-state index contributed by atoms with van der Waals surface area (Å²) in [5.74, 6) is 0. The van der Waals surface area contributed by atoms with E-state index in [0.29, 0.717) is 19.6 Å². The van der Waals surface area contributed by atoms with E-state index in [9.17, 15) is 4.79 Å². The Bertz CT molecular complexity index is 261. The molecule has 4 nitrogen and oxygen atoms in total. The molecule has 2 N–H and O–H groups in total. The molecule has 0 atom stereocenters. The van der Waals surface area contributed by atoms with Gasteiger partial charge in [-0.2, -0.15) is 0 Å². The Morgan fingerprint density at radius 3 is 3.14 bits per heavy atom. The van der Waals surface area contributed by atoms with Crippen LogP contribution in [0.25, 0.3) is 0 Å². The van der Waals surface area contributed by atoms with Crippen molar-refractivity contribution in [2.45, 2.75) is 13.0 Å². The van der Waals surface area contributed by atoms with Gasteiger partial charge < -0.3 is 15.2 Å². The molecular weight excluding hydrogens is 202 g/mol. The van der Waals surface area contributed by atoms with Crippen molar-refractivity contribution >= 4 is 17.4 Å². The predicted molar refractivity (Wildman–Crippen MR) is 54.2 cm³/mol. The summed E-state index contributed by atoms with van der Waals surface area (Å²) < 4.78 is 4.91. The van der Waals surface area contributed by atoms with Crippen LogP contribution in [0.3, 0.4) is 0 Å². The van der Waals surface area contributed by atoms with Crippen LogP contribution in [0.1, 0.15) is 11.3 Å². The van der Waals surface area contributed by atoms with Crippen molar-refractivity contribution in [3.8, 4) is 0 Å². The minimum absolute atomic E-state index is 0.0746. The first-order valence-corrected chi connectivity index (χ1v) is 5.25. The topological polar surface area (TPSA) is 58.6 Å². The van der Waals surface area contributed by atoms with Gasteiger partial charge in [-0.3, -0.25) is 0 Å². The Labute approximate surface area is 86.5 Å². The molecule has 5 heteroatoms. The van der Waals surface area contributed by atoms with E-state index in [4.69, 9.17) is 9.84 Å². The summed E-state index contributed by atoms with van der Waals surface area (Å²) >= 11 is 1.55. The normalized spacial score (nSPS) is 9.79. The van der Waals surface area contributed by atoms with Gasteiger partial charge in [0.15, 0.2) is 0 Å². The molecule has 0 unspecified atom stereocenters. The number of amides is 1. The van der Waals surface area contributed by atoms with Crippen molar-refractivity contribution in [2.24, 2.45) is 0 Å². The summed E-state index contributed by atoms with van der Waals surface area (Å²) in [5, 5.41) is 12.9. The lowest BCUT2D eigenvalue weighted by Crippen LogP contribution is -2.25. The largest absolute Gasteiger partial charge is 0.444 e. The third kappa shape index (κ3) is 4.25. The average molecular weight is 215 g/mol. The summed E-state index contributed by atoms with van der Waals surface area (Å²) in [7, 11) is 0.